The fourth-order valence-corrected chi connectivity index (χ4v) is 2.16. The van der Waals surface area contributed by atoms with Gasteiger partial charge in [0.05, 0.1) is 12.1 Å². The van der Waals surface area contributed by atoms with Gasteiger partial charge in [0, 0.05) is 36.3 Å². The molecule has 3 heterocycles. The normalized spacial score (nSPS) is 10.9. The third-order valence-electron chi connectivity index (χ3n) is 3.37. The van der Waals surface area contributed by atoms with E-state index >= 15 is 0 Å². The van der Waals surface area contributed by atoms with E-state index in [1.807, 2.05) is 37.7 Å². The molecule has 0 saturated carbocycles. The summed E-state index contributed by atoms with van der Waals surface area (Å²) in [6, 6.07) is 3.75. The SMILES string of the molecule is Cc1nn(C)c(C)c1Cc1nc(-c2cccnc2)no1. The Morgan fingerprint density at radius 3 is 2.80 bits per heavy atom. The summed E-state index contributed by atoms with van der Waals surface area (Å²) in [6.07, 6.45) is 4.03. The maximum absolute atomic E-state index is 5.32. The Morgan fingerprint density at radius 1 is 1.30 bits per heavy atom. The number of hydrogen-bond acceptors (Lipinski definition) is 5. The molecule has 102 valence electrons. The fourth-order valence-electron chi connectivity index (χ4n) is 2.16. The van der Waals surface area contributed by atoms with E-state index in [1.54, 1.807) is 12.4 Å². The third-order valence-corrected chi connectivity index (χ3v) is 3.37. The summed E-state index contributed by atoms with van der Waals surface area (Å²) < 4.78 is 7.18. The van der Waals surface area contributed by atoms with E-state index in [9.17, 15) is 0 Å². The van der Waals surface area contributed by atoms with Crippen LogP contribution in [0.1, 0.15) is 22.8 Å². The van der Waals surface area contributed by atoms with Crippen LogP contribution < -0.4 is 0 Å². The molecule has 0 atom stereocenters. The number of aromatic nitrogens is 5. The molecule has 0 aliphatic heterocycles. The predicted octanol–water partition coefficient (Wildman–Crippen LogP) is 2.07. The Labute approximate surface area is 116 Å². The van der Waals surface area contributed by atoms with Gasteiger partial charge >= 0.3 is 0 Å². The van der Waals surface area contributed by atoms with E-state index in [0.29, 0.717) is 18.1 Å². The molecule has 0 bridgehead atoms. The highest BCUT2D eigenvalue weighted by Gasteiger charge is 2.15. The van der Waals surface area contributed by atoms with Crippen LogP contribution in [0.25, 0.3) is 11.4 Å². The molecule has 0 N–H and O–H groups in total. The average Bonchev–Trinajstić information content (AvgIpc) is 3.01. The van der Waals surface area contributed by atoms with E-state index in [-0.39, 0.29) is 0 Å². The smallest absolute Gasteiger partial charge is 0.231 e. The Balaban J connectivity index is 1.88. The highest BCUT2D eigenvalue weighted by Crippen LogP contribution is 2.19. The lowest BCUT2D eigenvalue weighted by atomic mass is 10.1. The van der Waals surface area contributed by atoms with Crippen molar-refractivity contribution >= 4 is 0 Å². The van der Waals surface area contributed by atoms with Gasteiger partial charge in [-0.1, -0.05) is 5.16 Å². The molecule has 6 nitrogen and oxygen atoms in total. The quantitative estimate of drug-likeness (QED) is 0.728. The molecule has 6 heteroatoms. The number of aryl methyl sites for hydroxylation is 2. The lowest BCUT2D eigenvalue weighted by Gasteiger charge is -1.97. The Bertz CT molecular complexity index is 729. The van der Waals surface area contributed by atoms with Crippen LogP contribution in [0, 0.1) is 13.8 Å². The van der Waals surface area contributed by atoms with Gasteiger partial charge in [-0.15, -0.1) is 0 Å². The molecule has 0 radical (unpaired) electrons. The van der Waals surface area contributed by atoms with Crippen LogP contribution >= 0.6 is 0 Å². The Kier molecular flexibility index (Phi) is 3.06. The van der Waals surface area contributed by atoms with E-state index < -0.39 is 0 Å². The monoisotopic (exact) mass is 269 g/mol. The molecule has 0 amide bonds. The third kappa shape index (κ3) is 2.20. The van der Waals surface area contributed by atoms with Crippen LogP contribution in [0.3, 0.4) is 0 Å². The van der Waals surface area contributed by atoms with Crippen molar-refractivity contribution < 1.29 is 4.52 Å². The summed E-state index contributed by atoms with van der Waals surface area (Å²) in [5.74, 6) is 1.15. The molecule has 0 aliphatic rings. The summed E-state index contributed by atoms with van der Waals surface area (Å²) in [7, 11) is 1.93. The minimum absolute atomic E-state index is 0.562. The van der Waals surface area contributed by atoms with E-state index in [0.717, 1.165) is 22.5 Å². The number of pyridine rings is 1. The van der Waals surface area contributed by atoms with Gasteiger partial charge < -0.3 is 4.52 Å². The van der Waals surface area contributed by atoms with Crippen molar-refractivity contribution in [2.45, 2.75) is 20.3 Å². The van der Waals surface area contributed by atoms with Crippen molar-refractivity contribution in [3.8, 4) is 11.4 Å². The molecule has 0 saturated heterocycles. The van der Waals surface area contributed by atoms with Crippen LogP contribution in [-0.2, 0) is 13.5 Å². The van der Waals surface area contributed by atoms with Crippen molar-refractivity contribution in [1.82, 2.24) is 24.9 Å². The highest BCUT2D eigenvalue weighted by atomic mass is 16.5. The lowest BCUT2D eigenvalue weighted by molar-refractivity contribution is 0.385. The van der Waals surface area contributed by atoms with Crippen molar-refractivity contribution in [2.24, 2.45) is 7.05 Å². The zero-order chi connectivity index (χ0) is 14.1. The molecule has 0 unspecified atom stereocenters. The van der Waals surface area contributed by atoms with E-state index in [4.69, 9.17) is 4.52 Å². The fraction of sp³-hybridized carbons (Fsp3) is 0.286. The molecular formula is C14H15N5O. The highest BCUT2D eigenvalue weighted by molar-refractivity contribution is 5.51. The first-order valence-electron chi connectivity index (χ1n) is 6.37. The van der Waals surface area contributed by atoms with Gasteiger partial charge in [0.25, 0.3) is 0 Å². The molecule has 3 rings (SSSR count). The molecule has 0 aliphatic carbocycles. The van der Waals surface area contributed by atoms with Crippen LogP contribution in [0.4, 0.5) is 0 Å². The molecule has 0 aromatic carbocycles. The zero-order valence-corrected chi connectivity index (χ0v) is 11.7. The van der Waals surface area contributed by atoms with E-state index in [1.165, 1.54) is 0 Å². The average molecular weight is 269 g/mol. The maximum atomic E-state index is 5.32. The second-order valence-electron chi connectivity index (χ2n) is 4.70. The molecule has 3 aromatic heterocycles. The van der Waals surface area contributed by atoms with Gasteiger partial charge in [0.2, 0.25) is 11.7 Å². The first kappa shape index (κ1) is 12.5. The van der Waals surface area contributed by atoms with Crippen molar-refractivity contribution in [2.75, 3.05) is 0 Å². The minimum Gasteiger partial charge on any atom is -0.339 e. The van der Waals surface area contributed by atoms with Crippen LogP contribution in [-0.4, -0.2) is 24.9 Å². The first-order chi connectivity index (χ1) is 9.65. The Morgan fingerprint density at radius 2 is 2.15 bits per heavy atom. The van der Waals surface area contributed by atoms with Gasteiger partial charge in [-0.25, -0.2) is 0 Å². The van der Waals surface area contributed by atoms with Crippen molar-refractivity contribution in [1.29, 1.82) is 0 Å². The molecule has 20 heavy (non-hydrogen) atoms. The molecule has 0 fully saturated rings. The van der Waals surface area contributed by atoms with Crippen LogP contribution in [0.15, 0.2) is 29.0 Å². The minimum atomic E-state index is 0.562. The predicted molar refractivity (Wildman–Crippen MR) is 73.0 cm³/mol. The zero-order valence-electron chi connectivity index (χ0n) is 11.7. The summed E-state index contributed by atoms with van der Waals surface area (Å²) >= 11 is 0. The van der Waals surface area contributed by atoms with Crippen LogP contribution in [0.2, 0.25) is 0 Å². The van der Waals surface area contributed by atoms with Gasteiger partial charge in [0.1, 0.15) is 0 Å². The van der Waals surface area contributed by atoms with Gasteiger partial charge in [-0.05, 0) is 26.0 Å². The largest absolute Gasteiger partial charge is 0.339 e. The van der Waals surface area contributed by atoms with Gasteiger partial charge in [0.15, 0.2) is 0 Å². The molecular weight excluding hydrogens is 254 g/mol. The lowest BCUT2D eigenvalue weighted by Crippen LogP contribution is -1.95. The Hall–Kier alpha value is -2.50. The van der Waals surface area contributed by atoms with Crippen LogP contribution in [0.5, 0.6) is 0 Å². The topological polar surface area (TPSA) is 69.6 Å². The second kappa shape index (κ2) is 4.88. The standard InChI is InChI=1S/C14H15N5O/c1-9-12(10(2)19(3)17-9)7-13-16-14(18-20-13)11-5-4-6-15-8-11/h4-6,8H,7H2,1-3H3. The van der Waals surface area contributed by atoms with E-state index in [2.05, 4.69) is 20.2 Å². The summed E-state index contributed by atoms with van der Waals surface area (Å²) in [4.78, 5) is 8.46. The van der Waals surface area contributed by atoms with Gasteiger partial charge in [-0.2, -0.15) is 10.1 Å². The summed E-state index contributed by atoms with van der Waals surface area (Å²) in [5.41, 5.74) is 4.09. The van der Waals surface area contributed by atoms with Crippen molar-refractivity contribution in [3.63, 3.8) is 0 Å². The molecule has 3 aromatic rings. The van der Waals surface area contributed by atoms with Crippen molar-refractivity contribution in [3.05, 3.63) is 47.4 Å². The van der Waals surface area contributed by atoms with Gasteiger partial charge in [-0.3, -0.25) is 9.67 Å². The first-order valence-corrected chi connectivity index (χ1v) is 6.37. The summed E-state index contributed by atoms with van der Waals surface area (Å²) in [6.45, 7) is 4.02. The second-order valence-corrected chi connectivity index (χ2v) is 4.70. The molecule has 0 spiro atoms. The number of hydrogen-bond donors (Lipinski definition) is 0. The summed E-state index contributed by atoms with van der Waals surface area (Å²) in [5, 5.41) is 8.38. The maximum Gasteiger partial charge on any atom is 0.231 e. The number of rotatable bonds is 3. The number of nitrogens with zero attached hydrogens (tertiary/aromatic N) is 5.